The number of rotatable bonds is 2. The predicted molar refractivity (Wildman–Crippen MR) is 56.8 cm³/mol. The molecule has 0 spiro atoms. The lowest BCUT2D eigenvalue weighted by atomic mass is 10.0. The van der Waals surface area contributed by atoms with Crippen LogP contribution in [0.4, 0.5) is 4.79 Å². The van der Waals surface area contributed by atoms with Gasteiger partial charge in [0.15, 0.2) is 12.0 Å². The Bertz CT molecular complexity index is 322. The SMILES string of the molecule is CC(=N)OC1CCOC2C(OC(N)=O)COC12. The Morgan fingerprint density at radius 3 is 2.65 bits per heavy atom. The molecule has 7 nitrogen and oxygen atoms in total. The zero-order chi connectivity index (χ0) is 12.4. The Labute approximate surface area is 98.7 Å². The lowest BCUT2D eigenvalue weighted by Crippen LogP contribution is -2.48. The smallest absolute Gasteiger partial charge is 0.404 e. The van der Waals surface area contributed by atoms with E-state index in [1.54, 1.807) is 6.92 Å². The Morgan fingerprint density at radius 1 is 1.29 bits per heavy atom. The Hall–Kier alpha value is -1.34. The van der Waals surface area contributed by atoms with Crippen LogP contribution in [-0.4, -0.2) is 49.6 Å². The number of carbonyl (C=O) groups is 1. The summed E-state index contributed by atoms with van der Waals surface area (Å²) in [7, 11) is 0. The minimum Gasteiger partial charge on any atom is -0.475 e. The molecule has 17 heavy (non-hydrogen) atoms. The summed E-state index contributed by atoms with van der Waals surface area (Å²) in [6.45, 7) is 2.30. The van der Waals surface area contributed by atoms with Crippen molar-refractivity contribution in [3.63, 3.8) is 0 Å². The first-order chi connectivity index (χ1) is 8.08. The highest BCUT2D eigenvalue weighted by Crippen LogP contribution is 2.30. The van der Waals surface area contributed by atoms with Gasteiger partial charge >= 0.3 is 6.09 Å². The standard InChI is InChI=1S/C10H16N2O5/c1-5(11)16-6-2-3-14-9-7(17-10(12)13)4-15-8(6)9/h6-9,11H,2-4H2,1H3,(H2,12,13). The van der Waals surface area contributed by atoms with Gasteiger partial charge in [-0.3, -0.25) is 5.41 Å². The van der Waals surface area contributed by atoms with Gasteiger partial charge in [-0.05, 0) is 0 Å². The van der Waals surface area contributed by atoms with Gasteiger partial charge in [-0.2, -0.15) is 0 Å². The van der Waals surface area contributed by atoms with Gasteiger partial charge in [-0.25, -0.2) is 4.79 Å². The van der Waals surface area contributed by atoms with Crippen LogP contribution in [0.2, 0.25) is 0 Å². The number of primary amides is 1. The third-order valence-electron chi connectivity index (χ3n) is 2.82. The maximum Gasteiger partial charge on any atom is 0.404 e. The van der Waals surface area contributed by atoms with Crippen molar-refractivity contribution >= 4 is 12.0 Å². The lowest BCUT2D eigenvalue weighted by Gasteiger charge is -2.33. The van der Waals surface area contributed by atoms with Gasteiger partial charge in [-0.15, -0.1) is 0 Å². The third kappa shape index (κ3) is 2.67. The summed E-state index contributed by atoms with van der Waals surface area (Å²) in [6, 6.07) is 0. The Balaban J connectivity index is 1.99. The van der Waals surface area contributed by atoms with E-state index in [9.17, 15) is 4.79 Å². The molecule has 1 amide bonds. The van der Waals surface area contributed by atoms with Crippen LogP contribution in [0.1, 0.15) is 13.3 Å². The second kappa shape index (κ2) is 4.89. The number of hydrogen-bond acceptors (Lipinski definition) is 6. The fraction of sp³-hybridized carbons (Fsp3) is 0.800. The van der Waals surface area contributed by atoms with Crippen LogP contribution in [0.3, 0.4) is 0 Å². The van der Waals surface area contributed by atoms with E-state index in [1.165, 1.54) is 0 Å². The molecule has 0 radical (unpaired) electrons. The van der Waals surface area contributed by atoms with Crippen molar-refractivity contribution in [3.05, 3.63) is 0 Å². The minimum atomic E-state index is -0.839. The van der Waals surface area contributed by atoms with Gasteiger partial charge in [0.25, 0.3) is 0 Å². The van der Waals surface area contributed by atoms with Crippen molar-refractivity contribution in [2.24, 2.45) is 5.73 Å². The fourth-order valence-electron chi connectivity index (χ4n) is 2.22. The molecule has 96 valence electrons. The zero-order valence-electron chi connectivity index (χ0n) is 9.55. The average molecular weight is 244 g/mol. The van der Waals surface area contributed by atoms with E-state index in [4.69, 9.17) is 30.1 Å². The second-order valence-corrected chi connectivity index (χ2v) is 4.11. The van der Waals surface area contributed by atoms with Crippen molar-refractivity contribution in [1.29, 1.82) is 5.41 Å². The third-order valence-corrected chi connectivity index (χ3v) is 2.82. The monoisotopic (exact) mass is 244 g/mol. The molecule has 0 aromatic rings. The van der Waals surface area contributed by atoms with Crippen LogP contribution < -0.4 is 5.73 Å². The summed E-state index contributed by atoms with van der Waals surface area (Å²) >= 11 is 0. The quantitative estimate of drug-likeness (QED) is 0.526. The summed E-state index contributed by atoms with van der Waals surface area (Å²) in [6.07, 6.45) is -1.58. The summed E-state index contributed by atoms with van der Waals surface area (Å²) < 4.78 is 21.3. The summed E-state index contributed by atoms with van der Waals surface area (Å²) in [4.78, 5) is 10.7. The van der Waals surface area contributed by atoms with Gasteiger partial charge in [0, 0.05) is 13.3 Å². The van der Waals surface area contributed by atoms with Gasteiger partial charge in [-0.1, -0.05) is 0 Å². The molecule has 7 heteroatoms. The molecule has 2 aliphatic rings. The van der Waals surface area contributed by atoms with Gasteiger partial charge in [0.2, 0.25) is 0 Å². The van der Waals surface area contributed by atoms with Gasteiger partial charge in [0.05, 0.1) is 13.2 Å². The Morgan fingerprint density at radius 2 is 2.00 bits per heavy atom. The Kier molecular flexibility index (Phi) is 3.49. The molecule has 0 aliphatic carbocycles. The highest BCUT2D eigenvalue weighted by Gasteiger charge is 2.48. The molecule has 4 unspecified atom stereocenters. The molecule has 0 aromatic heterocycles. The highest BCUT2D eigenvalue weighted by molar-refractivity contribution is 5.69. The number of carbonyl (C=O) groups excluding carboxylic acids is 1. The number of fused-ring (bicyclic) bond motifs is 1. The molecule has 2 aliphatic heterocycles. The minimum absolute atomic E-state index is 0.138. The van der Waals surface area contributed by atoms with E-state index in [2.05, 4.69) is 0 Å². The van der Waals surface area contributed by atoms with Crippen molar-refractivity contribution < 1.29 is 23.7 Å². The van der Waals surface area contributed by atoms with Crippen molar-refractivity contribution in [2.75, 3.05) is 13.2 Å². The molecule has 0 bridgehead atoms. The topological polar surface area (TPSA) is 104 Å². The summed E-state index contributed by atoms with van der Waals surface area (Å²) in [5, 5.41) is 7.32. The molecular formula is C10H16N2O5. The number of nitrogens with one attached hydrogen (secondary N) is 1. The molecule has 2 saturated heterocycles. The van der Waals surface area contributed by atoms with Crippen molar-refractivity contribution in [1.82, 2.24) is 0 Å². The second-order valence-electron chi connectivity index (χ2n) is 4.11. The normalized spacial score (nSPS) is 36.1. The first-order valence-corrected chi connectivity index (χ1v) is 5.49. The molecule has 2 rings (SSSR count). The van der Waals surface area contributed by atoms with Crippen LogP contribution in [0, 0.1) is 5.41 Å². The van der Waals surface area contributed by atoms with Crippen LogP contribution in [0.5, 0.6) is 0 Å². The van der Waals surface area contributed by atoms with E-state index < -0.39 is 12.2 Å². The molecule has 0 saturated carbocycles. The van der Waals surface area contributed by atoms with E-state index >= 15 is 0 Å². The molecule has 4 atom stereocenters. The van der Waals surface area contributed by atoms with Crippen LogP contribution in [0.15, 0.2) is 0 Å². The maximum absolute atomic E-state index is 10.7. The van der Waals surface area contributed by atoms with Crippen LogP contribution >= 0.6 is 0 Å². The van der Waals surface area contributed by atoms with Crippen LogP contribution in [-0.2, 0) is 18.9 Å². The molecular weight excluding hydrogens is 228 g/mol. The fourth-order valence-corrected chi connectivity index (χ4v) is 2.22. The highest BCUT2D eigenvalue weighted by atomic mass is 16.6. The van der Waals surface area contributed by atoms with Crippen molar-refractivity contribution in [2.45, 2.75) is 37.8 Å². The summed E-state index contributed by atoms with van der Waals surface area (Å²) in [5.41, 5.74) is 4.97. The van der Waals surface area contributed by atoms with E-state index in [0.717, 1.165) is 0 Å². The van der Waals surface area contributed by atoms with Gasteiger partial charge in [0.1, 0.15) is 18.3 Å². The first kappa shape index (κ1) is 12.1. The largest absolute Gasteiger partial charge is 0.475 e. The van der Waals surface area contributed by atoms with E-state index in [1.807, 2.05) is 0 Å². The molecule has 0 aromatic carbocycles. The lowest BCUT2D eigenvalue weighted by molar-refractivity contribution is -0.122. The number of ether oxygens (including phenoxy) is 4. The van der Waals surface area contributed by atoms with E-state index in [-0.39, 0.29) is 30.8 Å². The molecule has 3 N–H and O–H groups in total. The van der Waals surface area contributed by atoms with Crippen LogP contribution in [0.25, 0.3) is 0 Å². The maximum atomic E-state index is 10.7. The van der Waals surface area contributed by atoms with Gasteiger partial charge < -0.3 is 24.7 Å². The summed E-state index contributed by atoms with van der Waals surface area (Å²) in [5.74, 6) is 0.138. The number of nitrogens with two attached hydrogens (primary N) is 1. The molecule has 2 fully saturated rings. The predicted octanol–water partition coefficient (Wildman–Crippen LogP) is 0.0204. The first-order valence-electron chi connectivity index (χ1n) is 5.49. The number of amides is 1. The average Bonchev–Trinajstić information content (AvgIpc) is 2.61. The van der Waals surface area contributed by atoms with E-state index in [0.29, 0.717) is 13.0 Å². The zero-order valence-corrected chi connectivity index (χ0v) is 9.55. The van der Waals surface area contributed by atoms with Crippen molar-refractivity contribution in [3.8, 4) is 0 Å². The number of hydrogen-bond donors (Lipinski definition) is 2. The molecule has 2 heterocycles.